The maximum Gasteiger partial charge on any atom is 0.00500 e. The Morgan fingerprint density at radius 1 is 1.50 bits per heavy atom. The Hall–Kier alpha value is -0.0100. The monoisotopic (exact) mass is 133 g/mol. The van der Waals surface area contributed by atoms with Crippen LogP contribution in [0.1, 0.15) is 12.8 Å². The number of allylic oxidation sites excluding steroid dienone is 1. The van der Waals surface area contributed by atoms with Gasteiger partial charge in [-0.05, 0) is 18.8 Å². The van der Waals surface area contributed by atoms with E-state index in [0.717, 1.165) is 18.8 Å². The van der Waals surface area contributed by atoms with Gasteiger partial charge >= 0.3 is 0 Å². The van der Waals surface area contributed by atoms with Crippen molar-refractivity contribution in [2.24, 2.45) is 11.7 Å². The van der Waals surface area contributed by atoms with Crippen LogP contribution in [0.15, 0.2) is 12.7 Å². The third kappa shape index (κ3) is 1.49. The van der Waals surface area contributed by atoms with Gasteiger partial charge in [0.15, 0.2) is 0 Å². The predicted molar refractivity (Wildman–Crippen MR) is 38.1 cm³/mol. The second-order valence-electron chi connectivity index (χ2n) is 2.23. The van der Waals surface area contributed by atoms with Crippen LogP contribution in [0.3, 0.4) is 0 Å². The van der Waals surface area contributed by atoms with Gasteiger partial charge in [0.2, 0.25) is 0 Å². The van der Waals surface area contributed by atoms with Crippen LogP contribution >= 0.6 is 12.4 Å². The van der Waals surface area contributed by atoms with E-state index >= 15 is 0 Å². The molecule has 0 heterocycles. The minimum Gasteiger partial charge on any atom is -0.328 e. The number of halogens is 1. The van der Waals surface area contributed by atoms with Gasteiger partial charge in [-0.2, -0.15) is 0 Å². The minimum atomic E-state index is 0. The Balaban J connectivity index is 0.000000490. The third-order valence-corrected chi connectivity index (χ3v) is 1.54. The molecule has 48 valence electrons. The van der Waals surface area contributed by atoms with Gasteiger partial charge in [-0.15, -0.1) is 19.0 Å². The Kier molecular flexibility index (Phi) is 3.10. The molecular formula is C6H12ClN. The summed E-state index contributed by atoms with van der Waals surface area (Å²) in [5, 5.41) is 0. The summed E-state index contributed by atoms with van der Waals surface area (Å²) in [6.45, 7) is 3.66. The van der Waals surface area contributed by atoms with Gasteiger partial charge in [0, 0.05) is 6.04 Å². The molecule has 0 saturated heterocycles. The van der Waals surface area contributed by atoms with Crippen molar-refractivity contribution >= 4 is 12.4 Å². The molecule has 1 nitrogen and oxygen atoms in total. The summed E-state index contributed by atoms with van der Waals surface area (Å²) >= 11 is 0. The molecule has 1 rings (SSSR count). The molecule has 0 aliphatic heterocycles. The van der Waals surface area contributed by atoms with Crippen LogP contribution in [0, 0.1) is 5.92 Å². The van der Waals surface area contributed by atoms with Gasteiger partial charge in [-0.25, -0.2) is 0 Å². The first-order chi connectivity index (χ1) is 3.33. The molecule has 0 unspecified atom stereocenters. The highest BCUT2D eigenvalue weighted by molar-refractivity contribution is 5.85. The molecule has 0 atom stereocenters. The lowest BCUT2D eigenvalue weighted by atomic mass is 9.81. The Bertz CT molecular complexity index is 76.6. The fourth-order valence-electron chi connectivity index (χ4n) is 0.901. The van der Waals surface area contributed by atoms with Gasteiger partial charge in [0.25, 0.3) is 0 Å². The van der Waals surface area contributed by atoms with Crippen molar-refractivity contribution in [2.45, 2.75) is 18.9 Å². The third-order valence-electron chi connectivity index (χ3n) is 1.54. The van der Waals surface area contributed by atoms with Crippen LogP contribution in [-0.4, -0.2) is 6.04 Å². The maximum absolute atomic E-state index is 5.50. The summed E-state index contributed by atoms with van der Waals surface area (Å²) in [7, 11) is 0. The smallest absolute Gasteiger partial charge is 0.00500 e. The lowest BCUT2D eigenvalue weighted by molar-refractivity contribution is 0.324. The van der Waals surface area contributed by atoms with Crippen molar-refractivity contribution in [3.63, 3.8) is 0 Å². The zero-order valence-electron chi connectivity index (χ0n) is 4.84. The van der Waals surface area contributed by atoms with Crippen molar-refractivity contribution in [1.29, 1.82) is 0 Å². The first-order valence-corrected chi connectivity index (χ1v) is 2.71. The van der Waals surface area contributed by atoms with E-state index in [4.69, 9.17) is 5.73 Å². The Morgan fingerprint density at radius 2 is 2.00 bits per heavy atom. The van der Waals surface area contributed by atoms with Crippen molar-refractivity contribution in [3.05, 3.63) is 12.7 Å². The molecule has 0 bridgehead atoms. The van der Waals surface area contributed by atoms with Crippen molar-refractivity contribution in [2.75, 3.05) is 0 Å². The molecule has 8 heavy (non-hydrogen) atoms. The number of nitrogens with two attached hydrogens (primary N) is 1. The highest BCUT2D eigenvalue weighted by Crippen LogP contribution is 2.25. The van der Waals surface area contributed by atoms with E-state index < -0.39 is 0 Å². The van der Waals surface area contributed by atoms with Crippen LogP contribution in [0.25, 0.3) is 0 Å². The fraction of sp³-hybridized carbons (Fsp3) is 0.667. The molecule has 0 radical (unpaired) electrons. The van der Waals surface area contributed by atoms with Gasteiger partial charge in [-0.1, -0.05) is 6.08 Å². The Morgan fingerprint density at radius 3 is 2.12 bits per heavy atom. The highest BCUT2D eigenvalue weighted by Gasteiger charge is 2.21. The topological polar surface area (TPSA) is 26.0 Å². The Labute approximate surface area is 56.4 Å². The molecule has 2 heteroatoms. The highest BCUT2D eigenvalue weighted by atomic mass is 35.5. The van der Waals surface area contributed by atoms with Crippen LogP contribution in [-0.2, 0) is 0 Å². The largest absolute Gasteiger partial charge is 0.328 e. The van der Waals surface area contributed by atoms with Crippen LogP contribution in [0.5, 0.6) is 0 Å². The second kappa shape index (κ2) is 3.10. The lowest BCUT2D eigenvalue weighted by Crippen LogP contribution is -2.34. The first-order valence-electron chi connectivity index (χ1n) is 2.71. The SMILES string of the molecule is C=CC1CC(N)C1.Cl. The quantitative estimate of drug-likeness (QED) is 0.537. The van der Waals surface area contributed by atoms with Crippen LogP contribution < -0.4 is 5.73 Å². The molecule has 2 N–H and O–H groups in total. The normalized spacial score (nSPS) is 34.6. The second-order valence-corrected chi connectivity index (χ2v) is 2.23. The number of hydrogen-bond donors (Lipinski definition) is 1. The van der Waals surface area contributed by atoms with Gasteiger partial charge in [0.05, 0.1) is 0 Å². The van der Waals surface area contributed by atoms with Gasteiger partial charge < -0.3 is 5.73 Å². The minimum absolute atomic E-state index is 0. The van der Waals surface area contributed by atoms with E-state index in [0.29, 0.717) is 6.04 Å². The van der Waals surface area contributed by atoms with Crippen molar-refractivity contribution < 1.29 is 0 Å². The number of rotatable bonds is 1. The van der Waals surface area contributed by atoms with E-state index in [9.17, 15) is 0 Å². The molecule has 1 aliphatic rings. The summed E-state index contributed by atoms with van der Waals surface area (Å²) in [6.07, 6.45) is 4.30. The molecular weight excluding hydrogens is 122 g/mol. The lowest BCUT2D eigenvalue weighted by Gasteiger charge is -2.29. The molecule has 0 spiro atoms. The molecule has 1 aliphatic carbocycles. The predicted octanol–water partition coefficient (Wildman–Crippen LogP) is 1.33. The number of hydrogen-bond acceptors (Lipinski definition) is 1. The fourth-order valence-corrected chi connectivity index (χ4v) is 0.901. The maximum atomic E-state index is 5.50. The molecule has 0 aromatic heterocycles. The zero-order chi connectivity index (χ0) is 5.28. The first kappa shape index (κ1) is 7.99. The average Bonchev–Trinajstić information content (AvgIpc) is 1.58. The van der Waals surface area contributed by atoms with Crippen LogP contribution in [0.4, 0.5) is 0 Å². The van der Waals surface area contributed by atoms with Gasteiger partial charge in [0.1, 0.15) is 0 Å². The van der Waals surface area contributed by atoms with Crippen molar-refractivity contribution in [1.82, 2.24) is 0 Å². The summed E-state index contributed by atoms with van der Waals surface area (Å²) in [5.74, 6) is 0.731. The zero-order valence-corrected chi connectivity index (χ0v) is 5.66. The van der Waals surface area contributed by atoms with Crippen molar-refractivity contribution in [3.8, 4) is 0 Å². The molecule has 1 fully saturated rings. The molecule has 0 aromatic carbocycles. The molecule has 0 amide bonds. The standard InChI is InChI=1S/C6H11N.ClH/c1-2-5-3-6(7)4-5;/h2,5-6H,1,3-4,7H2;1H. The summed E-state index contributed by atoms with van der Waals surface area (Å²) in [4.78, 5) is 0. The van der Waals surface area contributed by atoms with E-state index in [1.807, 2.05) is 6.08 Å². The van der Waals surface area contributed by atoms with E-state index in [2.05, 4.69) is 6.58 Å². The molecule has 0 aromatic rings. The summed E-state index contributed by atoms with van der Waals surface area (Å²) < 4.78 is 0. The van der Waals surface area contributed by atoms with E-state index in [-0.39, 0.29) is 12.4 Å². The molecule has 1 saturated carbocycles. The van der Waals surface area contributed by atoms with E-state index in [1.165, 1.54) is 0 Å². The van der Waals surface area contributed by atoms with Crippen LogP contribution in [0.2, 0.25) is 0 Å². The summed E-state index contributed by atoms with van der Waals surface area (Å²) in [6, 6.07) is 0.475. The average molecular weight is 134 g/mol. The summed E-state index contributed by atoms with van der Waals surface area (Å²) in [5.41, 5.74) is 5.50. The van der Waals surface area contributed by atoms with Gasteiger partial charge in [-0.3, -0.25) is 0 Å². The van der Waals surface area contributed by atoms with E-state index in [1.54, 1.807) is 0 Å².